The van der Waals surface area contributed by atoms with Crippen LogP contribution in [0.3, 0.4) is 0 Å². The molecule has 1 aromatic carbocycles. The molecule has 4 nitrogen and oxygen atoms in total. The Kier molecular flexibility index (Phi) is 4.24. The number of hydrogen-bond acceptors (Lipinski definition) is 3. The number of aromatic nitrogens is 1. The van der Waals surface area contributed by atoms with Gasteiger partial charge in [0.1, 0.15) is 17.6 Å². The molecule has 1 aliphatic rings. The number of rotatable bonds is 4. The van der Waals surface area contributed by atoms with Gasteiger partial charge in [0, 0.05) is 12.7 Å². The van der Waals surface area contributed by atoms with Gasteiger partial charge in [0.2, 0.25) is 0 Å². The molecule has 0 bridgehead atoms. The molecule has 0 radical (unpaired) electrons. The van der Waals surface area contributed by atoms with Crippen LogP contribution in [0.4, 0.5) is 0 Å². The Labute approximate surface area is 152 Å². The Balaban J connectivity index is 1.72. The molecular formula is C20H19N3OS. The van der Waals surface area contributed by atoms with Crippen LogP contribution >= 0.6 is 12.2 Å². The molecule has 0 aliphatic carbocycles. The van der Waals surface area contributed by atoms with E-state index in [9.17, 15) is 0 Å². The van der Waals surface area contributed by atoms with E-state index < -0.39 is 0 Å². The third-order valence-corrected chi connectivity index (χ3v) is 4.80. The van der Waals surface area contributed by atoms with Crippen LogP contribution in [0.15, 0.2) is 71.3 Å². The summed E-state index contributed by atoms with van der Waals surface area (Å²) in [7, 11) is 0. The van der Waals surface area contributed by atoms with Crippen molar-refractivity contribution in [2.75, 3.05) is 0 Å². The Morgan fingerprint density at radius 1 is 1.08 bits per heavy atom. The molecule has 25 heavy (non-hydrogen) atoms. The summed E-state index contributed by atoms with van der Waals surface area (Å²) in [6.45, 7) is 2.68. The van der Waals surface area contributed by atoms with Crippen molar-refractivity contribution >= 4 is 17.3 Å². The van der Waals surface area contributed by atoms with Crippen LogP contribution in [0.1, 0.15) is 34.9 Å². The van der Waals surface area contributed by atoms with Crippen molar-refractivity contribution in [1.82, 2.24) is 15.2 Å². The summed E-state index contributed by atoms with van der Waals surface area (Å²) in [6, 6.07) is 20.2. The molecule has 1 N–H and O–H groups in total. The average Bonchev–Trinajstić information content (AvgIpc) is 3.20. The van der Waals surface area contributed by atoms with Gasteiger partial charge < -0.3 is 14.6 Å². The maximum atomic E-state index is 5.97. The second-order valence-corrected chi connectivity index (χ2v) is 6.58. The van der Waals surface area contributed by atoms with Crippen LogP contribution in [0.25, 0.3) is 0 Å². The number of hydrogen-bond donors (Lipinski definition) is 1. The Morgan fingerprint density at radius 3 is 2.56 bits per heavy atom. The number of furan rings is 1. The van der Waals surface area contributed by atoms with Gasteiger partial charge >= 0.3 is 0 Å². The SMILES string of the molecule is Cc1ccc([C@@H]2[C@@H](c3ccccn3)NC(=S)N2Cc2ccccc2)o1. The van der Waals surface area contributed by atoms with Crippen LogP contribution in [-0.2, 0) is 6.54 Å². The topological polar surface area (TPSA) is 41.3 Å². The van der Waals surface area contributed by atoms with Crippen LogP contribution in [-0.4, -0.2) is 15.0 Å². The molecule has 3 aromatic rings. The zero-order valence-electron chi connectivity index (χ0n) is 13.9. The lowest BCUT2D eigenvalue weighted by Crippen LogP contribution is -2.29. The fourth-order valence-corrected chi connectivity index (χ4v) is 3.58. The largest absolute Gasteiger partial charge is 0.464 e. The van der Waals surface area contributed by atoms with E-state index in [-0.39, 0.29) is 12.1 Å². The van der Waals surface area contributed by atoms with Crippen molar-refractivity contribution in [2.45, 2.75) is 25.6 Å². The number of benzene rings is 1. The molecule has 0 saturated carbocycles. The van der Waals surface area contributed by atoms with E-state index in [4.69, 9.17) is 16.6 Å². The Morgan fingerprint density at radius 2 is 1.88 bits per heavy atom. The number of pyridine rings is 1. The predicted octanol–water partition coefficient (Wildman–Crippen LogP) is 4.16. The fraction of sp³-hybridized carbons (Fsp3) is 0.200. The normalized spacial score (nSPS) is 19.9. The highest BCUT2D eigenvalue weighted by Gasteiger charge is 2.41. The lowest BCUT2D eigenvalue weighted by atomic mass is 10.0. The molecular weight excluding hydrogens is 330 g/mol. The van der Waals surface area contributed by atoms with Gasteiger partial charge in [0.05, 0.1) is 11.7 Å². The highest BCUT2D eigenvalue weighted by Crippen LogP contribution is 2.39. The van der Waals surface area contributed by atoms with Crippen molar-refractivity contribution in [3.8, 4) is 0 Å². The average molecular weight is 349 g/mol. The van der Waals surface area contributed by atoms with Gasteiger partial charge in [-0.05, 0) is 49.0 Å². The first-order chi connectivity index (χ1) is 12.2. The van der Waals surface area contributed by atoms with Gasteiger partial charge in [0.15, 0.2) is 5.11 Å². The third kappa shape index (κ3) is 3.15. The van der Waals surface area contributed by atoms with Crippen LogP contribution in [0, 0.1) is 6.92 Å². The van der Waals surface area contributed by atoms with Gasteiger partial charge in [-0.15, -0.1) is 0 Å². The number of aryl methyl sites for hydroxylation is 1. The summed E-state index contributed by atoms with van der Waals surface area (Å²) >= 11 is 5.65. The molecule has 1 aliphatic heterocycles. The summed E-state index contributed by atoms with van der Waals surface area (Å²) in [6.07, 6.45) is 1.81. The van der Waals surface area contributed by atoms with Crippen LogP contribution < -0.4 is 5.32 Å². The Bertz CT molecular complexity index is 863. The summed E-state index contributed by atoms with van der Waals surface area (Å²) < 4.78 is 5.97. The molecule has 2 atom stereocenters. The highest BCUT2D eigenvalue weighted by atomic mass is 32.1. The molecule has 0 unspecified atom stereocenters. The van der Waals surface area contributed by atoms with E-state index >= 15 is 0 Å². The minimum atomic E-state index is -0.0389. The Hall–Kier alpha value is -2.66. The second kappa shape index (κ2) is 6.69. The summed E-state index contributed by atoms with van der Waals surface area (Å²) in [5.41, 5.74) is 2.17. The molecule has 3 heterocycles. The first-order valence-corrected chi connectivity index (χ1v) is 8.71. The summed E-state index contributed by atoms with van der Waals surface area (Å²) in [4.78, 5) is 6.71. The van der Waals surface area contributed by atoms with E-state index in [0.717, 1.165) is 28.9 Å². The number of thiocarbonyl (C=S) groups is 1. The van der Waals surface area contributed by atoms with Gasteiger partial charge in [-0.1, -0.05) is 36.4 Å². The van der Waals surface area contributed by atoms with E-state index in [0.29, 0.717) is 0 Å². The standard InChI is InChI=1S/C20H19N3OS/c1-14-10-11-17(24-14)19-18(16-9-5-6-12-21-16)22-20(25)23(19)13-15-7-3-2-4-8-15/h2-12,18-19H,13H2,1H3,(H,22,25)/t18-,19-/m1/s1. The van der Waals surface area contributed by atoms with E-state index in [2.05, 4.69) is 27.3 Å². The highest BCUT2D eigenvalue weighted by molar-refractivity contribution is 7.80. The van der Waals surface area contributed by atoms with Gasteiger partial charge in [-0.3, -0.25) is 4.98 Å². The fourth-order valence-electron chi connectivity index (χ4n) is 3.28. The van der Waals surface area contributed by atoms with Gasteiger partial charge in [-0.2, -0.15) is 0 Å². The van der Waals surface area contributed by atoms with Crippen molar-refractivity contribution in [3.63, 3.8) is 0 Å². The quantitative estimate of drug-likeness (QED) is 0.717. The molecule has 1 saturated heterocycles. The monoisotopic (exact) mass is 349 g/mol. The number of nitrogens with zero attached hydrogens (tertiary/aromatic N) is 2. The second-order valence-electron chi connectivity index (χ2n) is 6.19. The number of nitrogens with one attached hydrogen (secondary N) is 1. The lowest BCUT2D eigenvalue weighted by Gasteiger charge is -2.26. The van der Waals surface area contributed by atoms with Gasteiger partial charge in [-0.25, -0.2) is 0 Å². The van der Waals surface area contributed by atoms with Crippen LogP contribution in [0.5, 0.6) is 0 Å². The maximum absolute atomic E-state index is 5.97. The molecule has 0 spiro atoms. The molecule has 4 rings (SSSR count). The molecule has 0 amide bonds. The van der Waals surface area contributed by atoms with E-state index in [1.807, 2.05) is 61.7 Å². The zero-order valence-corrected chi connectivity index (χ0v) is 14.7. The zero-order chi connectivity index (χ0) is 17.2. The molecule has 5 heteroatoms. The summed E-state index contributed by atoms with van der Waals surface area (Å²) in [5.74, 6) is 1.80. The van der Waals surface area contributed by atoms with Gasteiger partial charge in [0.25, 0.3) is 0 Å². The lowest BCUT2D eigenvalue weighted by molar-refractivity contribution is 0.264. The maximum Gasteiger partial charge on any atom is 0.170 e. The minimum absolute atomic E-state index is 0.0312. The molecule has 1 fully saturated rings. The van der Waals surface area contributed by atoms with E-state index in [1.165, 1.54) is 5.56 Å². The van der Waals surface area contributed by atoms with Crippen molar-refractivity contribution in [3.05, 3.63) is 89.6 Å². The minimum Gasteiger partial charge on any atom is -0.464 e. The van der Waals surface area contributed by atoms with Crippen molar-refractivity contribution in [2.24, 2.45) is 0 Å². The first kappa shape index (κ1) is 15.8. The smallest absolute Gasteiger partial charge is 0.170 e. The van der Waals surface area contributed by atoms with E-state index in [1.54, 1.807) is 0 Å². The van der Waals surface area contributed by atoms with Crippen LogP contribution in [0.2, 0.25) is 0 Å². The molecule has 126 valence electrons. The third-order valence-electron chi connectivity index (χ3n) is 4.45. The first-order valence-electron chi connectivity index (χ1n) is 8.31. The van der Waals surface area contributed by atoms with Crippen molar-refractivity contribution in [1.29, 1.82) is 0 Å². The predicted molar refractivity (Wildman–Crippen MR) is 101 cm³/mol. The molecule has 2 aromatic heterocycles. The van der Waals surface area contributed by atoms with Crippen molar-refractivity contribution < 1.29 is 4.42 Å². The summed E-state index contributed by atoms with van der Waals surface area (Å²) in [5, 5.41) is 4.15.